The third-order valence-electron chi connectivity index (χ3n) is 3.93. The molecule has 3 rings (SSSR count). The summed E-state index contributed by atoms with van der Waals surface area (Å²) in [5.41, 5.74) is 1.01. The lowest BCUT2D eigenvalue weighted by molar-refractivity contribution is -0.385. The predicted octanol–water partition coefficient (Wildman–Crippen LogP) is 4.11. The molecule has 3 aromatic rings. The lowest BCUT2D eigenvalue weighted by Crippen LogP contribution is -2.14. The molecule has 1 heterocycles. The molecule has 0 saturated heterocycles. The van der Waals surface area contributed by atoms with Crippen LogP contribution >= 0.6 is 0 Å². The molecule has 136 valence electrons. The molecule has 0 aliphatic heterocycles. The Morgan fingerprint density at radius 3 is 2.56 bits per heavy atom. The van der Waals surface area contributed by atoms with Crippen molar-refractivity contribution in [2.75, 3.05) is 5.32 Å². The number of benzene rings is 2. The Morgan fingerprint density at radius 1 is 1.11 bits per heavy atom. The lowest BCUT2D eigenvalue weighted by atomic mass is 10.1. The minimum absolute atomic E-state index is 0.0478. The summed E-state index contributed by atoms with van der Waals surface area (Å²) in [5.74, 6) is -1.56. The summed E-state index contributed by atoms with van der Waals surface area (Å²) < 4.78 is 5.50. The van der Waals surface area contributed by atoms with Gasteiger partial charge in [0.1, 0.15) is 5.76 Å². The van der Waals surface area contributed by atoms with Crippen LogP contribution in [-0.4, -0.2) is 21.9 Å². The number of amides is 1. The Labute approximate surface area is 153 Å². The van der Waals surface area contributed by atoms with Gasteiger partial charge in [0.2, 0.25) is 0 Å². The van der Waals surface area contributed by atoms with Gasteiger partial charge in [-0.2, -0.15) is 0 Å². The van der Waals surface area contributed by atoms with Crippen molar-refractivity contribution in [3.8, 4) is 11.3 Å². The molecular formula is C19H14N2O6. The summed E-state index contributed by atoms with van der Waals surface area (Å²) >= 11 is 0. The van der Waals surface area contributed by atoms with Crippen molar-refractivity contribution >= 4 is 23.3 Å². The molecule has 0 saturated carbocycles. The van der Waals surface area contributed by atoms with Crippen LogP contribution in [0, 0.1) is 17.0 Å². The van der Waals surface area contributed by atoms with Gasteiger partial charge in [-0.15, -0.1) is 0 Å². The number of carboxylic acid groups (broad SMARTS) is 1. The van der Waals surface area contributed by atoms with Crippen LogP contribution in [0.5, 0.6) is 0 Å². The van der Waals surface area contributed by atoms with Crippen molar-refractivity contribution in [3.05, 3.63) is 81.6 Å². The van der Waals surface area contributed by atoms with Gasteiger partial charge in [-0.1, -0.05) is 24.3 Å². The van der Waals surface area contributed by atoms with E-state index in [0.29, 0.717) is 11.1 Å². The molecular weight excluding hydrogens is 352 g/mol. The Kier molecular flexibility index (Phi) is 4.71. The van der Waals surface area contributed by atoms with Gasteiger partial charge in [0.15, 0.2) is 5.76 Å². The lowest BCUT2D eigenvalue weighted by Gasteiger charge is -2.06. The topological polar surface area (TPSA) is 123 Å². The first kappa shape index (κ1) is 17.9. The highest BCUT2D eigenvalue weighted by molar-refractivity contribution is 6.06. The predicted molar refractivity (Wildman–Crippen MR) is 96.9 cm³/mol. The van der Waals surface area contributed by atoms with Crippen LogP contribution in [-0.2, 0) is 0 Å². The Balaban J connectivity index is 1.86. The summed E-state index contributed by atoms with van der Waals surface area (Å²) in [7, 11) is 0. The van der Waals surface area contributed by atoms with Gasteiger partial charge >= 0.3 is 5.97 Å². The fourth-order valence-corrected chi connectivity index (χ4v) is 2.54. The minimum atomic E-state index is -1.17. The van der Waals surface area contributed by atoms with E-state index in [-0.39, 0.29) is 28.5 Å². The number of nitro groups is 1. The van der Waals surface area contributed by atoms with Crippen LogP contribution < -0.4 is 5.32 Å². The van der Waals surface area contributed by atoms with Crippen molar-refractivity contribution in [3.63, 3.8) is 0 Å². The number of carbonyl (C=O) groups excluding carboxylic acids is 1. The quantitative estimate of drug-likeness (QED) is 0.517. The smallest absolute Gasteiger partial charge is 0.337 e. The van der Waals surface area contributed by atoms with E-state index in [4.69, 9.17) is 9.52 Å². The molecule has 0 radical (unpaired) electrons. The van der Waals surface area contributed by atoms with E-state index in [1.165, 1.54) is 30.3 Å². The summed E-state index contributed by atoms with van der Waals surface area (Å²) in [6.07, 6.45) is 0. The van der Waals surface area contributed by atoms with Gasteiger partial charge in [-0.05, 0) is 31.2 Å². The van der Waals surface area contributed by atoms with Crippen molar-refractivity contribution < 1.29 is 24.0 Å². The van der Waals surface area contributed by atoms with Gasteiger partial charge < -0.3 is 14.8 Å². The Hall–Kier alpha value is -3.94. The fourth-order valence-electron chi connectivity index (χ4n) is 2.54. The zero-order valence-electron chi connectivity index (χ0n) is 14.1. The largest absolute Gasteiger partial charge is 0.478 e. The van der Waals surface area contributed by atoms with Crippen LogP contribution in [0.25, 0.3) is 11.3 Å². The van der Waals surface area contributed by atoms with Gasteiger partial charge in [0.05, 0.1) is 16.2 Å². The summed E-state index contributed by atoms with van der Waals surface area (Å²) in [4.78, 5) is 34.2. The van der Waals surface area contributed by atoms with Gasteiger partial charge in [-0.3, -0.25) is 14.9 Å². The molecule has 0 spiro atoms. The molecule has 8 nitrogen and oxygen atoms in total. The van der Waals surface area contributed by atoms with Gasteiger partial charge in [-0.25, -0.2) is 4.79 Å². The van der Waals surface area contributed by atoms with Gasteiger partial charge in [0.25, 0.3) is 11.6 Å². The minimum Gasteiger partial charge on any atom is -0.478 e. The second-order valence-electron chi connectivity index (χ2n) is 5.73. The normalized spacial score (nSPS) is 10.4. The first-order valence-corrected chi connectivity index (χ1v) is 7.85. The Morgan fingerprint density at radius 2 is 1.85 bits per heavy atom. The summed E-state index contributed by atoms with van der Waals surface area (Å²) in [5, 5.41) is 22.7. The maximum atomic E-state index is 12.4. The van der Waals surface area contributed by atoms with Crippen molar-refractivity contribution in [1.82, 2.24) is 0 Å². The highest BCUT2D eigenvalue weighted by Gasteiger charge is 2.18. The number of rotatable bonds is 5. The number of hydrogen-bond donors (Lipinski definition) is 2. The first-order valence-electron chi connectivity index (χ1n) is 7.85. The molecule has 8 heteroatoms. The fraction of sp³-hybridized carbons (Fsp3) is 0.0526. The van der Waals surface area contributed by atoms with Crippen molar-refractivity contribution in [2.45, 2.75) is 6.92 Å². The van der Waals surface area contributed by atoms with E-state index in [1.54, 1.807) is 31.2 Å². The average molecular weight is 366 g/mol. The zero-order chi connectivity index (χ0) is 19.6. The third-order valence-corrected chi connectivity index (χ3v) is 3.93. The molecule has 27 heavy (non-hydrogen) atoms. The Bertz CT molecular complexity index is 1050. The molecule has 1 aromatic heterocycles. The van der Waals surface area contributed by atoms with Crippen LogP contribution in [0.3, 0.4) is 0 Å². The highest BCUT2D eigenvalue weighted by atomic mass is 16.6. The van der Waals surface area contributed by atoms with Crippen molar-refractivity contribution in [2.24, 2.45) is 0 Å². The number of para-hydroxylation sites is 1. The first-order chi connectivity index (χ1) is 12.9. The number of carboxylic acids is 1. The van der Waals surface area contributed by atoms with E-state index < -0.39 is 16.8 Å². The molecule has 0 aliphatic carbocycles. The molecule has 0 fully saturated rings. The van der Waals surface area contributed by atoms with Crippen LogP contribution in [0.1, 0.15) is 26.5 Å². The van der Waals surface area contributed by atoms with Crippen LogP contribution in [0.15, 0.2) is 59.0 Å². The molecule has 0 bridgehead atoms. The number of aryl methyl sites for hydroxylation is 1. The van der Waals surface area contributed by atoms with E-state index in [0.717, 1.165) is 0 Å². The molecule has 0 atom stereocenters. The maximum Gasteiger partial charge on any atom is 0.337 e. The molecule has 1 amide bonds. The number of nitrogens with one attached hydrogen (secondary N) is 1. The maximum absolute atomic E-state index is 12.4. The number of nitrogens with zero attached hydrogens (tertiary/aromatic N) is 1. The average Bonchev–Trinajstić information content (AvgIpc) is 3.12. The van der Waals surface area contributed by atoms with Crippen LogP contribution in [0.2, 0.25) is 0 Å². The van der Waals surface area contributed by atoms with E-state index in [9.17, 15) is 19.7 Å². The van der Waals surface area contributed by atoms with Crippen LogP contribution in [0.4, 0.5) is 11.4 Å². The number of nitro benzene ring substituents is 1. The summed E-state index contributed by atoms with van der Waals surface area (Å²) in [6, 6.07) is 13.5. The SMILES string of the molecule is Cc1ccc(-c2ccc(C(=O)Nc3ccccc3C(=O)O)o2)cc1[N+](=O)[O-]. The molecule has 0 unspecified atom stereocenters. The third kappa shape index (κ3) is 3.69. The zero-order valence-corrected chi connectivity index (χ0v) is 14.1. The number of furan rings is 1. The number of aromatic carboxylic acids is 1. The van der Waals surface area contributed by atoms with E-state index in [1.807, 2.05) is 0 Å². The van der Waals surface area contributed by atoms with E-state index in [2.05, 4.69) is 5.32 Å². The van der Waals surface area contributed by atoms with Crippen molar-refractivity contribution in [1.29, 1.82) is 0 Å². The second-order valence-corrected chi connectivity index (χ2v) is 5.73. The molecule has 0 aliphatic rings. The monoisotopic (exact) mass is 366 g/mol. The highest BCUT2D eigenvalue weighted by Crippen LogP contribution is 2.28. The molecule has 2 aromatic carbocycles. The van der Waals surface area contributed by atoms with Gasteiger partial charge in [0, 0.05) is 17.2 Å². The number of carbonyl (C=O) groups is 2. The summed E-state index contributed by atoms with van der Waals surface area (Å²) in [6.45, 7) is 1.63. The van der Waals surface area contributed by atoms with E-state index >= 15 is 0 Å². The number of anilines is 1. The number of hydrogen-bond acceptors (Lipinski definition) is 5. The molecule has 2 N–H and O–H groups in total. The standard InChI is InChI=1S/C19H14N2O6/c1-11-6-7-12(10-15(11)21(25)26)16-8-9-17(27-16)18(22)20-14-5-3-2-4-13(14)19(23)24/h2-10H,1H3,(H,20,22)(H,23,24). The second kappa shape index (κ2) is 7.12.